The van der Waals surface area contributed by atoms with E-state index in [1.807, 2.05) is 35.2 Å². The molecule has 1 N–H and O–H groups in total. The molecule has 1 heterocycles. The van der Waals surface area contributed by atoms with Gasteiger partial charge in [-0.15, -0.1) is 0 Å². The lowest BCUT2D eigenvalue weighted by Crippen LogP contribution is -3.12. The molecule has 0 saturated heterocycles. The largest absolute Gasteiger partial charge is 0.497 e. The van der Waals surface area contributed by atoms with Gasteiger partial charge in [-0.2, -0.15) is 0 Å². The summed E-state index contributed by atoms with van der Waals surface area (Å²) in [6, 6.07) is 13.5. The molecule has 1 aromatic heterocycles. The fourth-order valence-electron chi connectivity index (χ4n) is 3.18. The predicted octanol–water partition coefficient (Wildman–Crippen LogP) is 3.18. The van der Waals surface area contributed by atoms with Crippen LogP contribution in [0.2, 0.25) is 0 Å². The summed E-state index contributed by atoms with van der Waals surface area (Å²) >= 11 is 1.58. The maximum Gasteiger partial charge on any atom is 0.260 e. The highest BCUT2D eigenvalue weighted by Crippen LogP contribution is 2.30. The van der Waals surface area contributed by atoms with Crippen molar-refractivity contribution in [2.24, 2.45) is 0 Å². The van der Waals surface area contributed by atoms with Crippen LogP contribution in [0.3, 0.4) is 0 Å². The Morgan fingerprint density at radius 2 is 1.86 bits per heavy atom. The number of rotatable bonds is 8. The first-order chi connectivity index (χ1) is 13.5. The van der Waals surface area contributed by atoms with E-state index in [9.17, 15) is 4.79 Å². The van der Waals surface area contributed by atoms with Gasteiger partial charge in [-0.1, -0.05) is 17.4 Å². The first kappa shape index (κ1) is 20.3. The first-order valence-electron chi connectivity index (χ1n) is 9.72. The van der Waals surface area contributed by atoms with E-state index in [1.54, 1.807) is 18.4 Å². The van der Waals surface area contributed by atoms with E-state index in [2.05, 4.69) is 32.9 Å². The monoisotopic (exact) mass is 398 g/mol. The number of hydrogen-bond donors (Lipinski definition) is 1. The van der Waals surface area contributed by atoms with Crippen LogP contribution in [0.25, 0.3) is 10.2 Å². The van der Waals surface area contributed by atoms with Crippen molar-refractivity contribution >= 4 is 32.6 Å². The Kier molecular flexibility index (Phi) is 6.65. The van der Waals surface area contributed by atoms with Crippen LogP contribution in [0, 0.1) is 6.92 Å². The van der Waals surface area contributed by atoms with E-state index in [4.69, 9.17) is 9.72 Å². The third-order valence-electron chi connectivity index (χ3n) is 5.03. The summed E-state index contributed by atoms with van der Waals surface area (Å²) in [6.45, 7) is 10.0. The minimum atomic E-state index is -0.0232. The van der Waals surface area contributed by atoms with Crippen molar-refractivity contribution in [1.29, 1.82) is 0 Å². The zero-order valence-electron chi connectivity index (χ0n) is 17.0. The number of nitrogens with one attached hydrogen (secondary N) is 1. The molecule has 0 aliphatic heterocycles. The summed E-state index contributed by atoms with van der Waals surface area (Å²) in [5.41, 5.74) is 2.78. The Hall–Kier alpha value is -2.44. The molecule has 0 bridgehead atoms. The minimum Gasteiger partial charge on any atom is -0.497 e. The molecule has 2 aromatic carbocycles. The van der Waals surface area contributed by atoms with Gasteiger partial charge in [-0.3, -0.25) is 9.69 Å². The average molecular weight is 399 g/mol. The Morgan fingerprint density at radius 1 is 1.14 bits per heavy atom. The molecule has 148 valence electrons. The van der Waals surface area contributed by atoms with Crippen LogP contribution in [-0.4, -0.2) is 44.2 Å². The molecule has 0 spiro atoms. The zero-order chi connectivity index (χ0) is 20.1. The number of amides is 1. The number of hydrogen-bond acceptors (Lipinski definition) is 4. The second-order valence-corrected chi connectivity index (χ2v) is 7.87. The number of carbonyl (C=O) groups is 1. The number of anilines is 1. The lowest BCUT2D eigenvalue weighted by Gasteiger charge is -2.23. The number of carbonyl (C=O) groups excluding carboxylic acids is 1. The molecular weight excluding hydrogens is 370 g/mol. The zero-order valence-corrected chi connectivity index (χ0v) is 17.8. The minimum absolute atomic E-state index is 0.0232. The quantitative estimate of drug-likeness (QED) is 0.634. The van der Waals surface area contributed by atoms with E-state index in [-0.39, 0.29) is 5.91 Å². The number of quaternary nitrogens is 1. The molecule has 0 atom stereocenters. The van der Waals surface area contributed by atoms with Crippen molar-refractivity contribution in [3.8, 4) is 5.75 Å². The third kappa shape index (κ3) is 4.51. The summed E-state index contributed by atoms with van der Waals surface area (Å²) in [6.07, 6.45) is 0. The number of aryl methyl sites for hydroxylation is 1. The van der Waals surface area contributed by atoms with E-state index < -0.39 is 0 Å². The molecule has 0 aliphatic carbocycles. The highest BCUT2D eigenvalue weighted by atomic mass is 32.1. The second kappa shape index (κ2) is 9.17. The van der Waals surface area contributed by atoms with E-state index in [1.165, 1.54) is 10.5 Å². The molecular formula is C22H28N3O2S+. The van der Waals surface area contributed by atoms with Gasteiger partial charge >= 0.3 is 0 Å². The molecule has 1 amide bonds. The maximum atomic E-state index is 13.3. The van der Waals surface area contributed by atoms with Crippen LogP contribution < -0.4 is 14.5 Å². The van der Waals surface area contributed by atoms with Crippen molar-refractivity contribution < 1.29 is 14.4 Å². The normalized spacial score (nSPS) is 11.2. The van der Waals surface area contributed by atoms with Gasteiger partial charge < -0.3 is 9.64 Å². The molecule has 0 radical (unpaired) electrons. The number of ether oxygens (including phenoxy) is 1. The van der Waals surface area contributed by atoms with Crippen molar-refractivity contribution in [2.75, 3.05) is 38.2 Å². The van der Waals surface area contributed by atoms with Gasteiger partial charge in [-0.05, 0) is 62.7 Å². The molecule has 5 nitrogen and oxygen atoms in total. The van der Waals surface area contributed by atoms with Gasteiger partial charge in [0.25, 0.3) is 5.91 Å². The molecule has 3 aromatic rings. The number of fused-ring (bicyclic) bond motifs is 1. The molecule has 0 aliphatic rings. The summed E-state index contributed by atoms with van der Waals surface area (Å²) in [4.78, 5) is 21.4. The fraction of sp³-hybridized carbons (Fsp3) is 0.364. The van der Waals surface area contributed by atoms with Gasteiger partial charge in [0.15, 0.2) is 5.13 Å². The summed E-state index contributed by atoms with van der Waals surface area (Å²) < 4.78 is 6.32. The van der Waals surface area contributed by atoms with Gasteiger partial charge in [0.1, 0.15) is 5.75 Å². The second-order valence-electron chi connectivity index (χ2n) is 6.86. The number of methoxy groups -OCH3 is 1. The molecule has 6 heteroatoms. The van der Waals surface area contributed by atoms with Crippen molar-refractivity contribution in [3.63, 3.8) is 0 Å². The van der Waals surface area contributed by atoms with Gasteiger partial charge in [0, 0.05) is 5.56 Å². The van der Waals surface area contributed by atoms with Crippen LogP contribution in [0.1, 0.15) is 29.8 Å². The number of aromatic nitrogens is 1. The van der Waals surface area contributed by atoms with Gasteiger partial charge in [-0.25, -0.2) is 4.98 Å². The van der Waals surface area contributed by atoms with Crippen molar-refractivity contribution in [1.82, 2.24) is 4.98 Å². The van der Waals surface area contributed by atoms with Gasteiger partial charge in [0.2, 0.25) is 0 Å². The Bertz CT molecular complexity index is 933. The van der Waals surface area contributed by atoms with Crippen LogP contribution in [0.4, 0.5) is 5.13 Å². The molecule has 0 saturated carbocycles. The molecule has 0 unspecified atom stereocenters. The lowest BCUT2D eigenvalue weighted by atomic mass is 10.2. The summed E-state index contributed by atoms with van der Waals surface area (Å²) in [5, 5.41) is 0.757. The average Bonchev–Trinajstić information content (AvgIpc) is 3.13. The number of nitrogens with zero attached hydrogens (tertiary/aromatic N) is 2. The number of likely N-dealkylation sites (N-methyl/N-ethyl adjacent to an activating group) is 1. The molecule has 28 heavy (non-hydrogen) atoms. The van der Waals surface area contributed by atoms with E-state index in [0.29, 0.717) is 12.1 Å². The fourth-order valence-corrected chi connectivity index (χ4v) is 4.27. The smallest absolute Gasteiger partial charge is 0.260 e. The third-order valence-corrected chi connectivity index (χ3v) is 6.08. The van der Waals surface area contributed by atoms with E-state index in [0.717, 1.165) is 40.7 Å². The van der Waals surface area contributed by atoms with Crippen LogP contribution >= 0.6 is 11.3 Å². The SMILES string of the molecule is CC[NH+](CC)CCN(C(=O)c1ccc(OC)cc1)c1nc2ccc(C)cc2s1. The Morgan fingerprint density at radius 3 is 2.50 bits per heavy atom. The predicted molar refractivity (Wildman–Crippen MR) is 116 cm³/mol. The molecule has 3 rings (SSSR count). The van der Waals surface area contributed by atoms with Crippen LogP contribution in [-0.2, 0) is 0 Å². The van der Waals surface area contributed by atoms with Crippen molar-refractivity contribution in [2.45, 2.75) is 20.8 Å². The highest BCUT2D eigenvalue weighted by molar-refractivity contribution is 7.22. The number of thiazole rings is 1. The summed E-state index contributed by atoms with van der Waals surface area (Å²) in [7, 11) is 1.62. The van der Waals surface area contributed by atoms with Gasteiger partial charge in [0.05, 0.1) is 43.5 Å². The topological polar surface area (TPSA) is 46.9 Å². The van der Waals surface area contributed by atoms with Crippen LogP contribution in [0.15, 0.2) is 42.5 Å². The standard InChI is InChI=1S/C22H27N3O2S/c1-5-24(6-2)13-14-25(21(26)17-8-10-18(27-4)11-9-17)22-23-19-12-7-16(3)15-20(19)28-22/h7-12,15H,5-6,13-14H2,1-4H3/p+1. The van der Waals surface area contributed by atoms with E-state index >= 15 is 0 Å². The maximum absolute atomic E-state index is 13.3. The Balaban J connectivity index is 1.93. The Labute approximate surface area is 170 Å². The molecule has 0 fully saturated rings. The lowest BCUT2D eigenvalue weighted by molar-refractivity contribution is -0.894. The van der Waals surface area contributed by atoms with Crippen LogP contribution in [0.5, 0.6) is 5.75 Å². The van der Waals surface area contributed by atoms with Crippen molar-refractivity contribution in [3.05, 3.63) is 53.6 Å². The first-order valence-corrected chi connectivity index (χ1v) is 10.5. The summed E-state index contributed by atoms with van der Waals surface area (Å²) in [5.74, 6) is 0.719. The number of benzene rings is 2. The highest BCUT2D eigenvalue weighted by Gasteiger charge is 2.23.